The van der Waals surface area contributed by atoms with Crippen LogP contribution in [0.3, 0.4) is 0 Å². The number of hydrogen-bond acceptors (Lipinski definition) is 3. The second-order valence-corrected chi connectivity index (χ2v) is 7.29. The van der Waals surface area contributed by atoms with Crippen molar-refractivity contribution in [1.29, 1.82) is 0 Å². The molecule has 0 bridgehead atoms. The standard InChI is InChI=1S/C20H20N2O2S/c1-25-17-7-3-2-6-16(17)20(24)21-15-11-13-5-4-10-22-18(23)9-8-14(12-15)19(13)22/h2-3,6-7,11-12H,4-5,8-10H2,1H3,(H,21,24). The normalized spacial score (nSPS) is 15.7. The van der Waals surface area contributed by atoms with Crippen molar-refractivity contribution in [3.63, 3.8) is 0 Å². The van der Waals surface area contributed by atoms with Crippen LogP contribution in [-0.4, -0.2) is 24.6 Å². The Morgan fingerprint density at radius 3 is 2.68 bits per heavy atom. The molecule has 5 heteroatoms. The Labute approximate surface area is 151 Å². The molecule has 0 radical (unpaired) electrons. The molecule has 128 valence electrons. The minimum Gasteiger partial charge on any atom is -0.322 e. The van der Waals surface area contributed by atoms with Crippen LogP contribution in [0.25, 0.3) is 0 Å². The van der Waals surface area contributed by atoms with Crippen molar-refractivity contribution >= 4 is 35.0 Å². The summed E-state index contributed by atoms with van der Waals surface area (Å²) in [5.74, 6) is 0.135. The van der Waals surface area contributed by atoms with Gasteiger partial charge in [-0.05, 0) is 60.9 Å². The number of nitrogens with one attached hydrogen (secondary N) is 1. The van der Waals surface area contributed by atoms with E-state index in [1.54, 1.807) is 11.8 Å². The molecule has 2 aromatic rings. The third kappa shape index (κ3) is 2.93. The quantitative estimate of drug-likeness (QED) is 0.853. The van der Waals surface area contributed by atoms with Crippen LogP contribution in [0.1, 0.15) is 34.3 Å². The maximum Gasteiger partial charge on any atom is 0.256 e. The number of benzene rings is 2. The van der Waals surface area contributed by atoms with Crippen LogP contribution in [0.4, 0.5) is 11.4 Å². The summed E-state index contributed by atoms with van der Waals surface area (Å²) in [7, 11) is 0. The van der Waals surface area contributed by atoms with Crippen LogP contribution in [0, 0.1) is 0 Å². The lowest BCUT2D eigenvalue weighted by atomic mass is 9.91. The lowest BCUT2D eigenvalue weighted by Gasteiger charge is -2.35. The van der Waals surface area contributed by atoms with Gasteiger partial charge in [-0.3, -0.25) is 9.59 Å². The molecule has 0 saturated carbocycles. The molecular weight excluding hydrogens is 332 g/mol. The van der Waals surface area contributed by atoms with Crippen molar-refractivity contribution in [3.8, 4) is 0 Å². The Morgan fingerprint density at radius 1 is 1.12 bits per heavy atom. The molecule has 0 atom stereocenters. The molecule has 0 saturated heterocycles. The zero-order chi connectivity index (χ0) is 17.4. The maximum atomic E-state index is 12.7. The molecule has 0 fully saturated rings. The van der Waals surface area contributed by atoms with Gasteiger partial charge in [0, 0.05) is 23.5 Å². The summed E-state index contributed by atoms with van der Waals surface area (Å²) in [4.78, 5) is 27.7. The van der Waals surface area contributed by atoms with E-state index in [1.165, 1.54) is 11.1 Å². The molecule has 1 N–H and O–H groups in total. The molecule has 0 aromatic heterocycles. The Morgan fingerprint density at radius 2 is 1.88 bits per heavy atom. The van der Waals surface area contributed by atoms with Crippen LogP contribution in [0.5, 0.6) is 0 Å². The van der Waals surface area contributed by atoms with E-state index in [9.17, 15) is 9.59 Å². The number of anilines is 2. The fraction of sp³-hybridized carbons (Fsp3) is 0.300. The lowest BCUT2D eigenvalue weighted by molar-refractivity contribution is -0.119. The van der Waals surface area contributed by atoms with Crippen LogP contribution in [0.2, 0.25) is 0 Å². The van der Waals surface area contributed by atoms with Gasteiger partial charge < -0.3 is 10.2 Å². The predicted octanol–water partition coefficient (Wildman–Crippen LogP) is 3.89. The molecule has 4 nitrogen and oxygen atoms in total. The Kier molecular flexibility index (Phi) is 4.25. The molecule has 4 rings (SSSR count). The van der Waals surface area contributed by atoms with E-state index in [4.69, 9.17) is 0 Å². The summed E-state index contributed by atoms with van der Waals surface area (Å²) in [5, 5.41) is 3.05. The number of nitrogens with zero attached hydrogens (tertiary/aromatic N) is 1. The summed E-state index contributed by atoms with van der Waals surface area (Å²) in [6, 6.07) is 11.7. The van der Waals surface area contributed by atoms with Crippen LogP contribution < -0.4 is 10.2 Å². The fourth-order valence-electron chi connectivity index (χ4n) is 3.76. The number of hydrogen-bond donors (Lipinski definition) is 1. The van der Waals surface area contributed by atoms with E-state index in [1.807, 2.05) is 47.6 Å². The minimum absolute atomic E-state index is 0.0864. The molecule has 0 spiro atoms. The topological polar surface area (TPSA) is 49.4 Å². The van der Waals surface area contributed by atoms with Crippen molar-refractivity contribution in [3.05, 3.63) is 53.1 Å². The van der Waals surface area contributed by atoms with Crippen LogP contribution in [-0.2, 0) is 17.6 Å². The van der Waals surface area contributed by atoms with Crippen molar-refractivity contribution in [2.75, 3.05) is 23.0 Å². The number of aryl methyl sites for hydroxylation is 2. The molecular formula is C20H20N2O2S. The smallest absolute Gasteiger partial charge is 0.256 e. The summed E-state index contributed by atoms with van der Waals surface area (Å²) in [6.07, 6.45) is 5.21. The number of rotatable bonds is 3. The highest BCUT2D eigenvalue weighted by Gasteiger charge is 2.29. The molecule has 2 aliphatic heterocycles. The van der Waals surface area contributed by atoms with Crippen LogP contribution >= 0.6 is 11.8 Å². The number of amides is 2. The highest BCUT2D eigenvalue weighted by molar-refractivity contribution is 7.98. The summed E-state index contributed by atoms with van der Waals surface area (Å²) >= 11 is 1.57. The molecule has 2 aliphatic rings. The number of thioether (sulfide) groups is 1. The van der Waals surface area contributed by atoms with Crippen LogP contribution in [0.15, 0.2) is 41.3 Å². The molecule has 25 heavy (non-hydrogen) atoms. The first-order valence-corrected chi connectivity index (χ1v) is 9.80. The van der Waals surface area contributed by atoms with E-state index >= 15 is 0 Å². The van der Waals surface area contributed by atoms with Gasteiger partial charge in [-0.15, -0.1) is 11.8 Å². The van der Waals surface area contributed by atoms with Gasteiger partial charge in [-0.2, -0.15) is 0 Å². The Bertz CT molecular complexity index is 846. The SMILES string of the molecule is CSc1ccccc1C(=O)Nc1cc2c3c(c1)CCC(=O)N3CCC2. The van der Waals surface area contributed by atoms with Gasteiger partial charge in [0.1, 0.15) is 0 Å². The molecule has 0 unspecified atom stereocenters. The van der Waals surface area contributed by atoms with E-state index in [-0.39, 0.29) is 11.8 Å². The van der Waals surface area contributed by atoms with E-state index in [0.717, 1.165) is 42.1 Å². The molecule has 2 amide bonds. The Balaban J connectivity index is 1.66. The lowest BCUT2D eigenvalue weighted by Crippen LogP contribution is -2.39. The molecule has 2 heterocycles. The third-order valence-corrected chi connectivity index (χ3v) is 5.68. The van der Waals surface area contributed by atoms with E-state index in [2.05, 4.69) is 5.32 Å². The molecule has 0 aliphatic carbocycles. The van der Waals surface area contributed by atoms with Gasteiger partial charge in [-0.25, -0.2) is 0 Å². The van der Waals surface area contributed by atoms with Crippen molar-refractivity contribution < 1.29 is 9.59 Å². The predicted molar refractivity (Wildman–Crippen MR) is 102 cm³/mol. The summed E-state index contributed by atoms with van der Waals surface area (Å²) < 4.78 is 0. The maximum absolute atomic E-state index is 12.7. The fourth-order valence-corrected chi connectivity index (χ4v) is 4.35. The van der Waals surface area contributed by atoms with Gasteiger partial charge >= 0.3 is 0 Å². The average molecular weight is 352 g/mol. The van der Waals surface area contributed by atoms with E-state index < -0.39 is 0 Å². The van der Waals surface area contributed by atoms with E-state index in [0.29, 0.717) is 12.0 Å². The largest absolute Gasteiger partial charge is 0.322 e. The number of carbonyl (C=O) groups is 2. The second kappa shape index (κ2) is 6.56. The molecule has 2 aromatic carbocycles. The first-order chi connectivity index (χ1) is 12.2. The first-order valence-electron chi connectivity index (χ1n) is 8.58. The zero-order valence-electron chi connectivity index (χ0n) is 14.2. The van der Waals surface area contributed by atoms with Crippen molar-refractivity contribution in [2.24, 2.45) is 0 Å². The van der Waals surface area contributed by atoms with Crippen molar-refractivity contribution in [1.82, 2.24) is 0 Å². The van der Waals surface area contributed by atoms with Gasteiger partial charge in [0.15, 0.2) is 0 Å². The van der Waals surface area contributed by atoms with Crippen molar-refractivity contribution in [2.45, 2.75) is 30.6 Å². The minimum atomic E-state index is -0.0864. The van der Waals surface area contributed by atoms with Gasteiger partial charge in [0.2, 0.25) is 5.91 Å². The monoisotopic (exact) mass is 352 g/mol. The third-order valence-electron chi connectivity index (χ3n) is 4.88. The first kappa shape index (κ1) is 16.2. The van der Waals surface area contributed by atoms with Gasteiger partial charge in [0.25, 0.3) is 5.91 Å². The Hall–Kier alpha value is -2.27. The summed E-state index contributed by atoms with van der Waals surface area (Å²) in [5.41, 5.74) is 4.95. The average Bonchev–Trinajstić information content (AvgIpc) is 2.64. The highest BCUT2D eigenvalue weighted by atomic mass is 32.2. The second-order valence-electron chi connectivity index (χ2n) is 6.45. The highest BCUT2D eigenvalue weighted by Crippen LogP contribution is 2.38. The zero-order valence-corrected chi connectivity index (χ0v) is 15.0. The number of carbonyl (C=O) groups excluding carboxylic acids is 2. The van der Waals surface area contributed by atoms with Gasteiger partial charge in [0.05, 0.1) is 11.3 Å². The summed E-state index contributed by atoms with van der Waals surface area (Å²) in [6.45, 7) is 0.811. The van der Waals surface area contributed by atoms with Gasteiger partial charge in [-0.1, -0.05) is 12.1 Å².